The number of hydrogen-bond donors (Lipinski definition) is 2. The molecular formula is C14H21N3O2S. The summed E-state index contributed by atoms with van der Waals surface area (Å²) in [6.07, 6.45) is 0.729. The predicted molar refractivity (Wildman–Crippen MR) is 78.8 cm³/mol. The van der Waals surface area contributed by atoms with Gasteiger partial charge in [-0.3, -0.25) is 0 Å². The molecule has 2 N–H and O–H groups in total. The van der Waals surface area contributed by atoms with E-state index in [1.807, 2.05) is 19.9 Å². The Hall–Kier alpha value is -1.42. The van der Waals surface area contributed by atoms with Crippen molar-refractivity contribution in [2.24, 2.45) is 0 Å². The first-order valence-electron chi connectivity index (χ1n) is 6.60. The molecule has 1 aromatic carbocycles. The van der Waals surface area contributed by atoms with Crippen molar-refractivity contribution in [3.8, 4) is 6.07 Å². The second kappa shape index (κ2) is 7.39. The van der Waals surface area contributed by atoms with Crippen LogP contribution in [0.1, 0.15) is 31.4 Å². The molecule has 5 nitrogen and oxygen atoms in total. The largest absolute Gasteiger partial charge is 0.314 e. The Morgan fingerprint density at radius 2 is 2.00 bits per heavy atom. The zero-order chi connectivity index (χ0) is 15.2. The van der Waals surface area contributed by atoms with Crippen LogP contribution in [0.25, 0.3) is 0 Å². The van der Waals surface area contributed by atoms with Crippen LogP contribution in [-0.2, 0) is 10.0 Å². The van der Waals surface area contributed by atoms with Crippen molar-refractivity contribution in [3.63, 3.8) is 0 Å². The van der Waals surface area contributed by atoms with Gasteiger partial charge in [-0.15, -0.1) is 0 Å². The maximum Gasteiger partial charge on any atom is 0.240 e. The summed E-state index contributed by atoms with van der Waals surface area (Å²) in [5.41, 5.74) is 1.04. The average molecular weight is 295 g/mol. The first kappa shape index (κ1) is 16.6. The Kier molecular flexibility index (Phi) is 6.14. The van der Waals surface area contributed by atoms with Gasteiger partial charge in [-0.1, -0.05) is 13.8 Å². The molecule has 0 radical (unpaired) electrons. The maximum atomic E-state index is 12.1. The topological polar surface area (TPSA) is 82.0 Å². The Balaban J connectivity index is 2.63. The summed E-state index contributed by atoms with van der Waals surface area (Å²) in [6.45, 7) is 6.94. The van der Waals surface area contributed by atoms with Gasteiger partial charge in [0.05, 0.1) is 16.5 Å². The van der Waals surface area contributed by atoms with E-state index in [2.05, 4.69) is 10.0 Å². The van der Waals surface area contributed by atoms with Crippen LogP contribution in [0.4, 0.5) is 0 Å². The SMILES string of the molecule is Cc1cc(C#N)ccc1S(=O)(=O)NCCCNC(C)C. The smallest absolute Gasteiger partial charge is 0.240 e. The highest BCUT2D eigenvalue weighted by Gasteiger charge is 2.16. The highest BCUT2D eigenvalue weighted by Crippen LogP contribution is 2.16. The van der Waals surface area contributed by atoms with Crippen molar-refractivity contribution >= 4 is 10.0 Å². The van der Waals surface area contributed by atoms with Gasteiger partial charge in [-0.25, -0.2) is 13.1 Å². The lowest BCUT2D eigenvalue weighted by Gasteiger charge is -2.11. The zero-order valence-electron chi connectivity index (χ0n) is 12.1. The number of nitrogens with one attached hydrogen (secondary N) is 2. The number of benzene rings is 1. The standard InChI is InChI=1S/C14H21N3O2S/c1-11(2)16-7-4-8-17-20(18,19)14-6-5-13(10-15)9-12(14)3/h5-6,9,11,16-17H,4,7-8H2,1-3H3. The van der Waals surface area contributed by atoms with E-state index in [0.29, 0.717) is 23.7 Å². The highest BCUT2D eigenvalue weighted by atomic mass is 32.2. The van der Waals surface area contributed by atoms with Crippen molar-refractivity contribution in [3.05, 3.63) is 29.3 Å². The zero-order valence-corrected chi connectivity index (χ0v) is 12.9. The quantitative estimate of drug-likeness (QED) is 0.747. The molecule has 0 saturated carbocycles. The minimum atomic E-state index is -3.50. The van der Waals surface area contributed by atoms with E-state index < -0.39 is 10.0 Å². The number of nitriles is 1. The van der Waals surface area contributed by atoms with Crippen molar-refractivity contribution in [2.45, 2.75) is 38.1 Å². The fraction of sp³-hybridized carbons (Fsp3) is 0.500. The van der Waals surface area contributed by atoms with E-state index in [4.69, 9.17) is 5.26 Å². The summed E-state index contributed by atoms with van der Waals surface area (Å²) in [5.74, 6) is 0. The van der Waals surface area contributed by atoms with Gasteiger partial charge < -0.3 is 5.32 Å². The molecule has 0 spiro atoms. The van der Waals surface area contributed by atoms with E-state index in [1.165, 1.54) is 12.1 Å². The third-order valence-corrected chi connectivity index (χ3v) is 4.41. The Morgan fingerprint density at radius 3 is 2.55 bits per heavy atom. The molecule has 0 atom stereocenters. The van der Waals surface area contributed by atoms with Gasteiger partial charge in [-0.2, -0.15) is 5.26 Å². The number of aryl methyl sites for hydroxylation is 1. The van der Waals surface area contributed by atoms with E-state index in [0.717, 1.165) is 13.0 Å². The van der Waals surface area contributed by atoms with Gasteiger partial charge in [0.25, 0.3) is 0 Å². The average Bonchev–Trinajstić information content (AvgIpc) is 2.37. The first-order valence-corrected chi connectivity index (χ1v) is 8.09. The van der Waals surface area contributed by atoms with E-state index in [1.54, 1.807) is 13.0 Å². The Morgan fingerprint density at radius 1 is 1.30 bits per heavy atom. The Bertz CT molecular complexity index is 589. The summed E-state index contributed by atoms with van der Waals surface area (Å²) in [5, 5.41) is 12.0. The van der Waals surface area contributed by atoms with E-state index >= 15 is 0 Å². The van der Waals surface area contributed by atoms with E-state index in [-0.39, 0.29) is 4.90 Å². The molecular weight excluding hydrogens is 274 g/mol. The minimum Gasteiger partial charge on any atom is -0.314 e. The molecule has 0 heterocycles. The van der Waals surface area contributed by atoms with Crippen LogP contribution in [0.5, 0.6) is 0 Å². The maximum absolute atomic E-state index is 12.1. The Labute approximate surface area is 121 Å². The van der Waals surface area contributed by atoms with Crippen LogP contribution >= 0.6 is 0 Å². The lowest BCUT2D eigenvalue weighted by atomic mass is 10.2. The normalized spacial score (nSPS) is 11.6. The molecule has 20 heavy (non-hydrogen) atoms. The lowest BCUT2D eigenvalue weighted by Crippen LogP contribution is -2.30. The molecule has 1 aromatic rings. The third-order valence-electron chi connectivity index (χ3n) is 2.79. The molecule has 0 saturated heterocycles. The molecule has 0 bridgehead atoms. The van der Waals surface area contributed by atoms with Crippen molar-refractivity contribution < 1.29 is 8.42 Å². The molecule has 110 valence electrons. The van der Waals surface area contributed by atoms with Gasteiger partial charge in [-0.05, 0) is 43.7 Å². The van der Waals surface area contributed by atoms with Gasteiger partial charge in [0, 0.05) is 12.6 Å². The molecule has 0 aliphatic heterocycles. The van der Waals surface area contributed by atoms with Crippen LogP contribution in [0.3, 0.4) is 0 Å². The lowest BCUT2D eigenvalue weighted by molar-refractivity contribution is 0.554. The molecule has 6 heteroatoms. The number of nitrogens with zero attached hydrogens (tertiary/aromatic N) is 1. The number of sulfonamides is 1. The molecule has 0 unspecified atom stereocenters. The summed E-state index contributed by atoms with van der Waals surface area (Å²) in [4.78, 5) is 0.230. The monoisotopic (exact) mass is 295 g/mol. The van der Waals surface area contributed by atoms with Crippen LogP contribution < -0.4 is 10.0 Å². The third kappa shape index (κ3) is 4.93. The van der Waals surface area contributed by atoms with Crippen molar-refractivity contribution in [1.82, 2.24) is 10.0 Å². The van der Waals surface area contributed by atoms with Crippen LogP contribution in [-0.4, -0.2) is 27.5 Å². The van der Waals surface area contributed by atoms with Crippen LogP contribution in [0, 0.1) is 18.3 Å². The van der Waals surface area contributed by atoms with E-state index in [9.17, 15) is 8.42 Å². The molecule has 0 fully saturated rings. The molecule has 0 aromatic heterocycles. The van der Waals surface area contributed by atoms with Gasteiger partial charge in [0.2, 0.25) is 10.0 Å². The first-order chi connectivity index (χ1) is 9.36. The fourth-order valence-corrected chi connectivity index (χ4v) is 3.08. The van der Waals surface area contributed by atoms with Crippen molar-refractivity contribution in [2.75, 3.05) is 13.1 Å². The fourth-order valence-electron chi connectivity index (χ4n) is 1.78. The summed E-state index contributed by atoms with van der Waals surface area (Å²) in [6, 6.07) is 6.96. The highest BCUT2D eigenvalue weighted by molar-refractivity contribution is 7.89. The summed E-state index contributed by atoms with van der Waals surface area (Å²) < 4.78 is 26.8. The predicted octanol–water partition coefficient (Wildman–Crippen LogP) is 1.53. The van der Waals surface area contributed by atoms with Crippen LogP contribution in [0.15, 0.2) is 23.1 Å². The van der Waals surface area contributed by atoms with Crippen LogP contribution in [0.2, 0.25) is 0 Å². The van der Waals surface area contributed by atoms with Gasteiger partial charge >= 0.3 is 0 Å². The number of rotatable bonds is 7. The van der Waals surface area contributed by atoms with Gasteiger partial charge in [0.15, 0.2) is 0 Å². The molecule has 0 aliphatic carbocycles. The molecule has 0 aliphatic rings. The minimum absolute atomic E-state index is 0.230. The second-order valence-electron chi connectivity index (χ2n) is 4.95. The molecule has 1 rings (SSSR count). The summed E-state index contributed by atoms with van der Waals surface area (Å²) >= 11 is 0. The second-order valence-corrected chi connectivity index (χ2v) is 6.69. The van der Waals surface area contributed by atoms with Gasteiger partial charge in [0.1, 0.15) is 0 Å². The van der Waals surface area contributed by atoms with Crippen molar-refractivity contribution in [1.29, 1.82) is 5.26 Å². The summed E-state index contributed by atoms with van der Waals surface area (Å²) in [7, 11) is -3.50. The molecule has 0 amide bonds. The number of hydrogen-bond acceptors (Lipinski definition) is 4.